The van der Waals surface area contributed by atoms with E-state index in [0.29, 0.717) is 35.9 Å². The zero-order chi connectivity index (χ0) is 20.7. The van der Waals surface area contributed by atoms with E-state index in [1.165, 1.54) is 6.07 Å². The molecule has 3 aromatic heterocycles. The van der Waals surface area contributed by atoms with Crippen molar-refractivity contribution in [3.05, 3.63) is 65.1 Å². The van der Waals surface area contributed by atoms with Crippen molar-refractivity contribution >= 4 is 11.6 Å². The second-order valence-corrected chi connectivity index (χ2v) is 6.91. The fraction of sp³-hybridized carbons (Fsp3) is 0.190. The Labute approximate surface area is 171 Å². The van der Waals surface area contributed by atoms with Crippen molar-refractivity contribution in [1.82, 2.24) is 24.6 Å². The average Bonchev–Trinajstić information content (AvgIpc) is 3.43. The molecule has 4 aromatic rings. The van der Waals surface area contributed by atoms with Gasteiger partial charge in [-0.2, -0.15) is 5.26 Å². The molecule has 30 heavy (non-hydrogen) atoms. The molecule has 0 spiro atoms. The fourth-order valence-electron chi connectivity index (χ4n) is 3.76. The molecule has 0 saturated carbocycles. The van der Waals surface area contributed by atoms with Crippen LogP contribution in [0, 0.1) is 24.1 Å². The number of hydrogen-bond acceptors (Lipinski definition) is 7. The van der Waals surface area contributed by atoms with Gasteiger partial charge in [0.25, 0.3) is 0 Å². The maximum Gasteiger partial charge on any atom is 0.210 e. The molecule has 148 valence electrons. The van der Waals surface area contributed by atoms with Gasteiger partial charge in [-0.3, -0.25) is 9.38 Å². The molecule has 4 heterocycles. The largest absolute Gasteiger partial charge is 0.492 e. The second kappa shape index (κ2) is 7.08. The van der Waals surface area contributed by atoms with Gasteiger partial charge in [-0.25, -0.2) is 9.37 Å². The van der Waals surface area contributed by atoms with Crippen LogP contribution in [0.3, 0.4) is 0 Å². The van der Waals surface area contributed by atoms with Crippen molar-refractivity contribution < 1.29 is 9.13 Å². The summed E-state index contributed by atoms with van der Waals surface area (Å²) < 4.78 is 21.9. The summed E-state index contributed by atoms with van der Waals surface area (Å²) in [4.78, 5) is 8.83. The van der Waals surface area contributed by atoms with Crippen molar-refractivity contribution in [2.24, 2.45) is 0 Å². The molecular formula is C21H16FN7O. The third-order valence-corrected chi connectivity index (χ3v) is 5.21. The highest BCUT2D eigenvalue weighted by molar-refractivity contribution is 5.78. The molecule has 0 aliphatic carbocycles. The van der Waals surface area contributed by atoms with E-state index >= 15 is 0 Å². The highest BCUT2D eigenvalue weighted by Gasteiger charge is 2.24. The first kappa shape index (κ1) is 18.0. The number of ether oxygens (including phenoxy) is 1. The van der Waals surface area contributed by atoms with E-state index in [0.717, 1.165) is 22.4 Å². The van der Waals surface area contributed by atoms with Gasteiger partial charge in [0.05, 0.1) is 12.2 Å². The molecule has 0 atom stereocenters. The predicted octanol–water partition coefficient (Wildman–Crippen LogP) is 3.05. The minimum atomic E-state index is -0.439. The summed E-state index contributed by atoms with van der Waals surface area (Å²) in [7, 11) is 0. The van der Waals surface area contributed by atoms with Crippen molar-refractivity contribution in [3.63, 3.8) is 0 Å². The SMILES string of the molecule is Cc1ncccc1-c1cnc(NCc2c(F)cc(C#N)c3c2CCO3)n2cnnc12. The first-order valence-electron chi connectivity index (χ1n) is 9.39. The van der Waals surface area contributed by atoms with Crippen LogP contribution in [0.2, 0.25) is 0 Å². The Morgan fingerprint density at radius 2 is 2.23 bits per heavy atom. The zero-order valence-corrected chi connectivity index (χ0v) is 16.1. The molecule has 8 nitrogen and oxygen atoms in total. The van der Waals surface area contributed by atoms with Gasteiger partial charge in [-0.15, -0.1) is 10.2 Å². The number of rotatable bonds is 4. The van der Waals surface area contributed by atoms with Gasteiger partial charge < -0.3 is 10.1 Å². The number of nitrogens with one attached hydrogen (secondary N) is 1. The molecule has 0 amide bonds. The maximum atomic E-state index is 14.7. The Morgan fingerprint density at radius 3 is 3.07 bits per heavy atom. The number of nitriles is 1. The monoisotopic (exact) mass is 401 g/mol. The Hall–Kier alpha value is -4.06. The van der Waals surface area contributed by atoms with Crippen LogP contribution in [-0.2, 0) is 13.0 Å². The Kier molecular flexibility index (Phi) is 4.25. The quantitative estimate of drug-likeness (QED) is 0.561. The van der Waals surface area contributed by atoms with E-state index in [9.17, 15) is 9.65 Å². The number of aromatic nitrogens is 5. The molecule has 1 aliphatic heterocycles. The Morgan fingerprint density at radius 1 is 1.33 bits per heavy atom. The molecule has 0 saturated heterocycles. The second-order valence-electron chi connectivity index (χ2n) is 6.91. The lowest BCUT2D eigenvalue weighted by atomic mass is 10.0. The predicted molar refractivity (Wildman–Crippen MR) is 106 cm³/mol. The normalized spacial score (nSPS) is 12.4. The molecular weight excluding hydrogens is 385 g/mol. The van der Waals surface area contributed by atoms with E-state index in [2.05, 4.69) is 25.5 Å². The number of pyridine rings is 1. The average molecular weight is 401 g/mol. The lowest BCUT2D eigenvalue weighted by Crippen LogP contribution is -2.10. The van der Waals surface area contributed by atoms with Crippen LogP contribution >= 0.6 is 0 Å². The molecule has 0 bridgehead atoms. The van der Waals surface area contributed by atoms with Crippen LogP contribution in [0.4, 0.5) is 10.3 Å². The van der Waals surface area contributed by atoms with Gasteiger partial charge in [-0.05, 0) is 19.1 Å². The van der Waals surface area contributed by atoms with Crippen molar-refractivity contribution in [2.75, 3.05) is 11.9 Å². The first-order chi connectivity index (χ1) is 14.7. The number of halogens is 1. The summed E-state index contributed by atoms with van der Waals surface area (Å²) in [6, 6.07) is 7.03. The summed E-state index contributed by atoms with van der Waals surface area (Å²) >= 11 is 0. The van der Waals surface area contributed by atoms with Crippen LogP contribution in [-0.4, -0.2) is 31.2 Å². The number of nitrogens with zero attached hydrogens (tertiary/aromatic N) is 6. The molecule has 1 aromatic carbocycles. The van der Waals surface area contributed by atoms with Crippen molar-refractivity contribution in [3.8, 4) is 22.9 Å². The summed E-state index contributed by atoms with van der Waals surface area (Å²) in [5.41, 5.74) is 4.63. The van der Waals surface area contributed by atoms with Crippen LogP contribution in [0.1, 0.15) is 22.4 Å². The van der Waals surface area contributed by atoms with Gasteiger partial charge >= 0.3 is 0 Å². The number of anilines is 1. The third-order valence-electron chi connectivity index (χ3n) is 5.21. The lowest BCUT2D eigenvalue weighted by Gasteiger charge is -2.13. The molecule has 1 N–H and O–H groups in total. The van der Waals surface area contributed by atoms with Gasteiger partial charge in [0, 0.05) is 53.3 Å². The minimum Gasteiger partial charge on any atom is -0.492 e. The minimum absolute atomic E-state index is 0.189. The molecule has 0 unspecified atom stereocenters. The number of fused-ring (bicyclic) bond motifs is 2. The van der Waals surface area contributed by atoms with Gasteiger partial charge in [-0.1, -0.05) is 6.07 Å². The summed E-state index contributed by atoms with van der Waals surface area (Å²) in [5, 5.41) is 20.6. The molecule has 5 rings (SSSR count). The van der Waals surface area contributed by atoms with E-state index in [1.54, 1.807) is 23.1 Å². The smallest absolute Gasteiger partial charge is 0.210 e. The molecule has 9 heteroatoms. The highest BCUT2D eigenvalue weighted by Crippen LogP contribution is 2.34. The van der Waals surface area contributed by atoms with Gasteiger partial charge in [0.15, 0.2) is 5.65 Å². The van der Waals surface area contributed by atoms with Crippen molar-refractivity contribution in [2.45, 2.75) is 19.9 Å². The van der Waals surface area contributed by atoms with Gasteiger partial charge in [0.1, 0.15) is 24.0 Å². The number of hydrogen-bond donors (Lipinski definition) is 1. The van der Waals surface area contributed by atoms with E-state index in [-0.39, 0.29) is 12.1 Å². The summed E-state index contributed by atoms with van der Waals surface area (Å²) in [6.45, 7) is 2.55. The highest BCUT2D eigenvalue weighted by atomic mass is 19.1. The molecule has 1 aliphatic rings. The van der Waals surface area contributed by atoms with E-state index < -0.39 is 5.82 Å². The number of aryl methyl sites for hydroxylation is 1. The standard InChI is InChI=1S/C21H16FN7O/c1-12-14(3-2-5-24-12)17-10-26-21(29-11-27-28-20(17)29)25-9-16-15-4-6-30-19(15)13(8-23)7-18(16)22/h2-3,5,7,10-11H,4,6,9H2,1H3,(H,25,26). The lowest BCUT2D eigenvalue weighted by molar-refractivity contribution is 0.355. The van der Waals surface area contributed by atoms with Gasteiger partial charge in [0.2, 0.25) is 5.95 Å². The van der Waals surface area contributed by atoms with Crippen molar-refractivity contribution in [1.29, 1.82) is 5.26 Å². The number of benzene rings is 1. The van der Waals surface area contributed by atoms with E-state index in [1.807, 2.05) is 25.1 Å². The topological polar surface area (TPSA) is 101 Å². The fourth-order valence-corrected chi connectivity index (χ4v) is 3.76. The van der Waals surface area contributed by atoms with Crippen LogP contribution < -0.4 is 10.1 Å². The maximum absolute atomic E-state index is 14.7. The van der Waals surface area contributed by atoms with E-state index in [4.69, 9.17) is 4.74 Å². The third kappa shape index (κ3) is 2.81. The Bertz CT molecular complexity index is 1330. The van der Waals surface area contributed by atoms with Crippen LogP contribution in [0.15, 0.2) is 36.9 Å². The first-order valence-corrected chi connectivity index (χ1v) is 9.39. The summed E-state index contributed by atoms with van der Waals surface area (Å²) in [6.07, 6.45) is 5.56. The molecule has 0 radical (unpaired) electrons. The zero-order valence-electron chi connectivity index (χ0n) is 16.1. The Balaban J connectivity index is 1.51. The van der Waals surface area contributed by atoms with Crippen LogP contribution in [0.25, 0.3) is 16.8 Å². The molecule has 0 fully saturated rings. The summed E-state index contributed by atoms with van der Waals surface area (Å²) in [5.74, 6) is 0.517. The van der Waals surface area contributed by atoms with Crippen LogP contribution in [0.5, 0.6) is 5.75 Å².